The summed E-state index contributed by atoms with van der Waals surface area (Å²) < 4.78 is 15.8. The number of ether oxygens (including phenoxy) is 2. The lowest BCUT2D eigenvalue weighted by atomic mass is 10.1. The van der Waals surface area contributed by atoms with Crippen molar-refractivity contribution in [2.75, 3.05) is 18.6 Å². The van der Waals surface area contributed by atoms with Crippen molar-refractivity contribution in [2.24, 2.45) is 5.92 Å². The number of nitrogens with one attached hydrogen (secondary N) is 1. The Balaban J connectivity index is 1.45. The fourth-order valence-corrected chi connectivity index (χ4v) is 4.41. The van der Waals surface area contributed by atoms with E-state index >= 15 is 0 Å². The van der Waals surface area contributed by atoms with E-state index in [-0.39, 0.29) is 30.0 Å². The molecule has 2 amide bonds. The average Bonchev–Trinajstić information content (AvgIpc) is 3.66. The first kappa shape index (κ1) is 26.9. The fourth-order valence-electron chi connectivity index (χ4n) is 4.41. The molecule has 9 nitrogen and oxygen atoms in total. The minimum Gasteiger partial charge on any atom is -0.497 e. The van der Waals surface area contributed by atoms with Crippen molar-refractivity contribution in [3.63, 3.8) is 0 Å². The maximum Gasteiger partial charge on any atom is 0.338 e. The number of nitrogens with zero attached hydrogens (tertiary/aromatic N) is 2. The van der Waals surface area contributed by atoms with Crippen LogP contribution in [0.25, 0.3) is 0 Å². The highest BCUT2D eigenvalue weighted by molar-refractivity contribution is 5.96. The van der Waals surface area contributed by atoms with E-state index < -0.39 is 5.97 Å². The molecular formula is C29H33N3O6. The van der Waals surface area contributed by atoms with Crippen molar-refractivity contribution in [2.45, 2.75) is 52.1 Å². The van der Waals surface area contributed by atoms with E-state index in [4.69, 9.17) is 14.0 Å². The van der Waals surface area contributed by atoms with Crippen LogP contribution in [0, 0.1) is 5.92 Å². The van der Waals surface area contributed by atoms with Crippen molar-refractivity contribution in [1.29, 1.82) is 0 Å². The summed E-state index contributed by atoms with van der Waals surface area (Å²) in [5.74, 6) is 0.276. The van der Waals surface area contributed by atoms with Crippen LogP contribution in [0.2, 0.25) is 0 Å². The van der Waals surface area contributed by atoms with Crippen LogP contribution in [0.15, 0.2) is 59.1 Å². The van der Waals surface area contributed by atoms with E-state index in [1.54, 1.807) is 42.3 Å². The number of aromatic nitrogens is 1. The summed E-state index contributed by atoms with van der Waals surface area (Å²) in [4.78, 5) is 39.9. The summed E-state index contributed by atoms with van der Waals surface area (Å²) in [6.07, 6.45) is 4.46. The molecule has 1 N–H and O–H groups in total. The highest BCUT2D eigenvalue weighted by Crippen LogP contribution is 2.30. The minimum absolute atomic E-state index is 0.00860. The second-order valence-electron chi connectivity index (χ2n) is 9.30. The van der Waals surface area contributed by atoms with Gasteiger partial charge < -0.3 is 24.2 Å². The largest absolute Gasteiger partial charge is 0.497 e. The molecule has 1 heterocycles. The standard InChI is InChI=1S/C29H33N3O6/c1-3-16-37-29(35)22-10-12-23(13-11-22)32(28(34)21-6-4-5-7-21)19-25-17-26(31-38-25)27(33)30-18-20-8-14-24(36-2)15-9-20/h8-15,17,21H,3-7,16,18-19H2,1-2H3,(H,30,33). The van der Waals surface area contributed by atoms with E-state index in [9.17, 15) is 14.4 Å². The van der Waals surface area contributed by atoms with E-state index in [0.29, 0.717) is 30.2 Å². The summed E-state index contributed by atoms with van der Waals surface area (Å²) >= 11 is 0. The van der Waals surface area contributed by atoms with Crippen LogP contribution < -0.4 is 15.0 Å². The Bertz CT molecular complexity index is 1230. The van der Waals surface area contributed by atoms with Crippen molar-refractivity contribution < 1.29 is 28.4 Å². The molecule has 0 bridgehead atoms. The van der Waals surface area contributed by atoms with Crippen LogP contribution in [0.4, 0.5) is 5.69 Å². The van der Waals surface area contributed by atoms with E-state index in [1.807, 2.05) is 31.2 Å². The van der Waals surface area contributed by atoms with Crippen molar-refractivity contribution in [1.82, 2.24) is 10.5 Å². The third-order valence-corrected chi connectivity index (χ3v) is 6.54. The Labute approximate surface area is 222 Å². The summed E-state index contributed by atoms with van der Waals surface area (Å²) in [6, 6.07) is 15.7. The average molecular weight is 520 g/mol. The molecule has 9 heteroatoms. The molecular weight excluding hydrogens is 486 g/mol. The lowest BCUT2D eigenvalue weighted by Gasteiger charge is -2.25. The topological polar surface area (TPSA) is 111 Å². The van der Waals surface area contributed by atoms with Crippen LogP contribution in [0.1, 0.15) is 71.2 Å². The highest BCUT2D eigenvalue weighted by atomic mass is 16.5. The number of hydrogen-bond acceptors (Lipinski definition) is 7. The normalized spacial score (nSPS) is 13.2. The number of carbonyl (C=O) groups excluding carboxylic acids is 3. The highest BCUT2D eigenvalue weighted by Gasteiger charge is 2.29. The van der Waals surface area contributed by atoms with Gasteiger partial charge in [0.2, 0.25) is 5.91 Å². The smallest absolute Gasteiger partial charge is 0.338 e. The molecule has 1 aromatic heterocycles. The Morgan fingerprint density at radius 3 is 2.42 bits per heavy atom. The van der Waals surface area contributed by atoms with E-state index in [0.717, 1.165) is 43.4 Å². The number of methoxy groups -OCH3 is 1. The van der Waals surface area contributed by atoms with Gasteiger partial charge in [-0.1, -0.05) is 37.1 Å². The van der Waals surface area contributed by atoms with Crippen LogP contribution >= 0.6 is 0 Å². The Hall–Kier alpha value is -4.14. The summed E-state index contributed by atoms with van der Waals surface area (Å²) in [5.41, 5.74) is 2.11. The molecule has 4 rings (SSSR count). The van der Waals surface area contributed by atoms with Crippen LogP contribution in [-0.2, 0) is 22.6 Å². The summed E-state index contributed by atoms with van der Waals surface area (Å²) in [7, 11) is 1.60. The molecule has 0 atom stereocenters. The maximum absolute atomic E-state index is 13.4. The first-order valence-corrected chi connectivity index (χ1v) is 12.9. The van der Waals surface area contributed by atoms with Gasteiger partial charge in [-0.25, -0.2) is 4.79 Å². The minimum atomic E-state index is -0.396. The van der Waals surface area contributed by atoms with Gasteiger partial charge in [0.15, 0.2) is 11.5 Å². The quantitative estimate of drug-likeness (QED) is 0.359. The Morgan fingerprint density at radius 2 is 1.76 bits per heavy atom. The molecule has 0 spiro atoms. The zero-order valence-corrected chi connectivity index (χ0v) is 21.8. The van der Waals surface area contributed by atoms with Gasteiger partial charge in [-0.15, -0.1) is 0 Å². The van der Waals surface area contributed by atoms with Gasteiger partial charge in [-0.05, 0) is 61.2 Å². The monoisotopic (exact) mass is 519 g/mol. The van der Waals surface area contributed by atoms with Gasteiger partial charge >= 0.3 is 5.97 Å². The molecule has 38 heavy (non-hydrogen) atoms. The van der Waals surface area contributed by atoms with Gasteiger partial charge in [0.1, 0.15) is 5.75 Å². The molecule has 0 aliphatic heterocycles. The molecule has 1 fully saturated rings. The molecule has 0 saturated heterocycles. The zero-order valence-electron chi connectivity index (χ0n) is 21.8. The molecule has 200 valence electrons. The number of benzene rings is 2. The number of rotatable bonds is 11. The number of carbonyl (C=O) groups is 3. The molecule has 1 aliphatic carbocycles. The molecule has 1 aliphatic rings. The molecule has 0 unspecified atom stereocenters. The third-order valence-electron chi connectivity index (χ3n) is 6.54. The number of amides is 2. The third kappa shape index (κ3) is 6.79. The summed E-state index contributed by atoms with van der Waals surface area (Å²) in [5, 5.41) is 6.74. The Kier molecular flexibility index (Phi) is 9.13. The number of esters is 1. The molecule has 2 aromatic carbocycles. The zero-order chi connectivity index (χ0) is 26.9. The lowest BCUT2D eigenvalue weighted by Crippen LogP contribution is -2.34. The predicted octanol–water partition coefficient (Wildman–Crippen LogP) is 4.90. The number of hydrogen-bond donors (Lipinski definition) is 1. The van der Waals surface area contributed by atoms with E-state index in [2.05, 4.69) is 10.5 Å². The van der Waals surface area contributed by atoms with Crippen LogP contribution in [0.5, 0.6) is 5.75 Å². The van der Waals surface area contributed by atoms with Gasteiger partial charge in [0, 0.05) is 24.2 Å². The first-order chi connectivity index (χ1) is 18.5. The Morgan fingerprint density at radius 1 is 1.05 bits per heavy atom. The van der Waals surface area contributed by atoms with Crippen molar-refractivity contribution in [3.8, 4) is 5.75 Å². The molecule has 3 aromatic rings. The predicted molar refractivity (Wildman–Crippen MR) is 141 cm³/mol. The lowest BCUT2D eigenvalue weighted by molar-refractivity contribution is -0.122. The second kappa shape index (κ2) is 12.9. The van der Waals surface area contributed by atoms with Gasteiger partial charge in [0.05, 0.1) is 25.8 Å². The number of anilines is 1. The second-order valence-corrected chi connectivity index (χ2v) is 9.30. The molecule has 1 saturated carbocycles. The van der Waals surface area contributed by atoms with Gasteiger partial charge in [-0.3, -0.25) is 9.59 Å². The van der Waals surface area contributed by atoms with Crippen molar-refractivity contribution in [3.05, 3.63) is 77.2 Å². The van der Waals surface area contributed by atoms with Crippen molar-refractivity contribution >= 4 is 23.5 Å². The fraction of sp³-hybridized carbons (Fsp3) is 0.379. The van der Waals surface area contributed by atoms with Gasteiger partial charge in [-0.2, -0.15) is 0 Å². The SMILES string of the molecule is CCCOC(=O)c1ccc(N(Cc2cc(C(=O)NCc3ccc(OC)cc3)no2)C(=O)C2CCCC2)cc1. The first-order valence-electron chi connectivity index (χ1n) is 12.9. The summed E-state index contributed by atoms with van der Waals surface area (Å²) in [6.45, 7) is 2.73. The van der Waals surface area contributed by atoms with E-state index in [1.165, 1.54) is 0 Å². The van der Waals surface area contributed by atoms with Gasteiger partial charge in [0.25, 0.3) is 5.91 Å². The van der Waals surface area contributed by atoms with Crippen LogP contribution in [-0.4, -0.2) is 36.7 Å². The van der Waals surface area contributed by atoms with Crippen LogP contribution in [0.3, 0.4) is 0 Å². The molecule has 0 radical (unpaired) electrons. The maximum atomic E-state index is 13.4.